The number of carbonyl (C=O) groups is 1. The van der Waals surface area contributed by atoms with Crippen molar-refractivity contribution in [2.75, 3.05) is 26.2 Å². The summed E-state index contributed by atoms with van der Waals surface area (Å²) in [5, 5.41) is 3.60. The second-order valence-corrected chi connectivity index (χ2v) is 6.31. The molecular formula is C15H29N3O2. The summed E-state index contributed by atoms with van der Waals surface area (Å²) in [6, 6.07) is 0.374. The average molecular weight is 283 g/mol. The molecule has 0 aromatic rings. The highest BCUT2D eigenvalue weighted by molar-refractivity contribution is 5.73. The van der Waals surface area contributed by atoms with E-state index in [1.165, 1.54) is 6.42 Å². The number of likely N-dealkylation sites (tertiary alicyclic amines) is 1. The van der Waals surface area contributed by atoms with Gasteiger partial charge in [0.25, 0.3) is 0 Å². The monoisotopic (exact) mass is 283 g/mol. The topological polar surface area (TPSA) is 67.6 Å². The highest BCUT2D eigenvalue weighted by Crippen LogP contribution is 2.23. The number of nitrogens with two attached hydrogens (primary N) is 1. The van der Waals surface area contributed by atoms with Crippen LogP contribution in [0.1, 0.15) is 39.5 Å². The van der Waals surface area contributed by atoms with Crippen molar-refractivity contribution in [2.45, 2.75) is 51.8 Å². The van der Waals surface area contributed by atoms with Crippen LogP contribution in [0.3, 0.4) is 0 Å². The van der Waals surface area contributed by atoms with Crippen molar-refractivity contribution in [3.63, 3.8) is 0 Å². The number of hydrogen-bond acceptors (Lipinski definition) is 4. The number of piperidine rings is 1. The number of carbonyl (C=O) groups excluding carboxylic acids is 1. The van der Waals surface area contributed by atoms with E-state index < -0.39 is 0 Å². The fraction of sp³-hybridized carbons (Fsp3) is 0.933. The molecule has 2 aliphatic rings. The van der Waals surface area contributed by atoms with Crippen LogP contribution in [-0.2, 0) is 9.53 Å². The largest absolute Gasteiger partial charge is 0.363 e. The number of ether oxygens (including phenoxy) is 1. The summed E-state index contributed by atoms with van der Waals surface area (Å²) in [7, 11) is 0. The van der Waals surface area contributed by atoms with E-state index in [0.29, 0.717) is 17.9 Å². The van der Waals surface area contributed by atoms with Crippen LogP contribution in [0.25, 0.3) is 0 Å². The van der Waals surface area contributed by atoms with Gasteiger partial charge in [0.05, 0.1) is 0 Å². The number of hydrogen-bond donors (Lipinski definition) is 2. The van der Waals surface area contributed by atoms with E-state index in [2.05, 4.69) is 12.2 Å². The Hall–Kier alpha value is -0.650. The molecule has 2 fully saturated rings. The Labute approximate surface area is 122 Å². The smallest absolute Gasteiger partial charge is 0.219 e. The summed E-state index contributed by atoms with van der Waals surface area (Å²) in [6.45, 7) is 7.21. The van der Waals surface area contributed by atoms with Crippen LogP contribution in [0.4, 0.5) is 0 Å². The highest BCUT2D eigenvalue weighted by atomic mass is 16.5. The minimum absolute atomic E-state index is 0.125. The first kappa shape index (κ1) is 15.7. The van der Waals surface area contributed by atoms with Crippen molar-refractivity contribution in [2.24, 2.45) is 17.6 Å². The maximum atomic E-state index is 11.5. The summed E-state index contributed by atoms with van der Waals surface area (Å²) in [5.74, 6) is 1.29. The lowest BCUT2D eigenvalue weighted by atomic mass is 9.90. The summed E-state index contributed by atoms with van der Waals surface area (Å²) in [5.41, 5.74) is 5.76. The van der Waals surface area contributed by atoms with E-state index in [1.807, 2.05) is 4.90 Å². The summed E-state index contributed by atoms with van der Waals surface area (Å²) in [4.78, 5) is 13.5. The zero-order valence-corrected chi connectivity index (χ0v) is 12.8. The molecule has 0 aliphatic carbocycles. The molecular weight excluding hydrogens is 254 g/mol. The first-order chi connectivity index (χ1) is 9.60. The van der Waals surface area contributed by atoms with Crippen LogP contribution in [-0.4, -0.2) is 49.3 Å². The Kier molecular flexibility index (Phi) is 5.81. The molecule has 0 saturated carbocycles. The predicted molar refractivity (Wildman–Crippen MR) is 79.1 cm³/mol. The van der Waals surface area contributed by atoms with Gasteiger partial charge in [0.15, 0.2) is 0 Å². The Bertz CT molecular complexity index is 324. The summed E-state index contributed by atoms with van der Waals surface area (Å²) < 4.78 is 5.80. The first-order valence-corrected chi connectivity index (χ1v) is 7.93. The molecule has 20 heavy (non-hydrogen) atoms. The Balaban J connectivity index is 1.81. The molecule has 5 nitrogen and oxygen atoms in total. The Morgan fingerprint density at radius 2 is 2.30 bits per heavy atom. The van der Waals surface area contributed by atoms with Gasteiger partial charge in [0.2, 0.25) is 5.91 Å². The summed E-state index contributed by atoms with van der Waals surface area (Å²) in [6.07, 6.45) is 4.49. The van der Waals surface area contributed by atoms with Gasteiger partial charge in [-0.25, -0.2) is 0 Å². The molecule has 0 bridgehead atoms. The van der Waals surface area contributed by atoms with Crippen molar-refractivity contribution in [3.05, 3.63) is 0 Å². The van der Waals surface area contributed by atoms with Gasteiger partial charge >= 0.3 is 0 Å². The van der Waals surface area contributed by atoms with E-state index in [1.54, 1.807) is 6.92 Å². The van der Waals surface area contributed by atoms with Crippen molar-refractivity contribution in [1.29, 1.82) is 0 Å². The molecule has 3 N–H and O–H groups in total. The molecule has 4 atom stereocenters. The standard InChI is InChI=1S/C15H29N3O2/c1-11(14-4-3-6-18(10-14)12(2)19)17-15-8-13(9-16)5-7-20-15/h11,13-15,17H,3-10,16H2,1-2H3/t11-,13?,14+,15?/m1/s1. The van der Waals surface area contributed by atoms with E-state index >= 15 is 0 Å². The lowest BCUT2D eigenvalue weighted by Gasteiger charge is -2.38. The Morgan fingerprint density at radius 1 is 1.50 bits per heavy atom. The molecule has 0 spiro atoms. The number of nitrogens with one attached hydrogen (secondary N) is 1. The fourth-order valence-corrected chi connectivity index (χ4v) is 3.33. The molecule has 116 valence electrons. The maximum absolute atomic E-state index is 11.5. The van der Waals surface area contributed by atoms with Crippen molar-refractivity contribution >= 4 is 5.91 Å². The molecule has 2 rings (SSSR count). The van der Waals surface area contributed by atoms with Crippen molar-refractivity contribution in [3.8, 4) is 0 Å². The Morgan fingerprint density at radius 3 is 3.00 bits per heavy atom. The quantitative estimate of drug-likeness (QED) is 0.805. The predicted octanol–water partition coefficient (Wildman–Crippen LogP) is 0.934. The maximum Gasteiger partial charge on any atom is 0.219 e. The van der Waals surface area contributed by atoms with Crippen LogP contribution in [0.2, 0.25) is 0 Å². The normalized spacial score (nSPS) is 33.0. The van der Waals surface area contributed by atoms with Crippen LogP contribution in [0, 0.1) is 11.8 Å². The third-order valence-electron chi connectivity index (χ3n) is 4.78. The molecule has 0 aromatic heterocycles. The lowest BCUT2D eigenvalue weighted by molar-refractivity contribution is -0.130. The van der Waals surface area contributed by atoms with E-state index in [-0.39, 0.29) is 12.1 Å². The van der Waals surface area contributed by atoms with Crippen molar-refractivity contribution < 1.29 is 9.53 Å². The fourth-order valence-electron chi connectivity index (χ4n) is 3.33. The van der Waals surface area contributed by atoms with Gasteiger partial charge in [0.1, 0.15) is 6.23 Å². The van der Waals surface area contributed by atoms with Gasteiger partial charge in [-0.1, -0.05) is 0 Å². The molecule has 0 radical (unpaired) electrons. The molecule has 0 aromatic carbocycles. The molecule has 2 unspecified atom stereocenters. The zero-order chi connectivity index (χ0) is 14.5. The second kappa shape index (κ2) is 7.38. The van der Waals surface area contributed by atoms with Gasteiger partial charge in [0, 0.05) is 32.7 Å². The lowest BCUT2D eigenvalue weighted by Crippen LogP contribution is -2.50. The number of amides is 1. The van der Waals surface area contributed by atoms with Crippen LogP contribution in [0.5, 0.6) is 0 Å². The minimum atomic E-state index is 0.125. The van der Waals surface area contributed by atoms with Crippen LogP contribution < -0.4 is 11.1 Å². The van der Waals surface area contributed by atoms with Crippen LogP contribution >= 0.6 is 0 Å². The second-order valence-electron chi connectivity index (χ2n) is 6.31. The molecule has 2 heterocycles. The zero-order valence-electron chi connectivity index (χ0n) is 12.8. The third-order valence-corrected chi connectivity index (χ3v) is 4.78. The average Bonchev–Trinajstić information content (AvgIpc) is 2.47. The highest BCUT2D eigenvalue weighted by Gasteiger charge is 2.29. The molecule has 2 aliphatic heterocycles. The van der Waals surface area contributed by atoms with E-state index in [9.17, 15) is 4.79 Å². The summed E-state index contributed by atoms with van der Waals surface area (Å²) >= 11 is 0. The third kappa shape index (κ3) is 4.17. The van der Waals surface area contributed by atoms with Crippen LogP contribution in [0.15, 0.2) is 0 Å². The van der Waals surface area contributed by atoms with E-state index in [0.717, 1.165) is 45.5 Å². The number of nitrogens with zero attached hydrogens (tertiary/aromatic N) is 1. The van der Waals surface area contributed by atoms with Gasteiger partial charge in [-0.15, -0.1) is 0 Å². The number of rotatable bonds is 4. The van der Waals surface area contributed by atoms with Gasteiger partial charge in [-0.05, 0) is 51.0 Å². The minimum Gasteiger partial charge on any atom is -0.363 e. The van der Waals surface area contributed by atoms with Crippen molar-refractivity contribution in [1.82, 2.24) is 10.2 Å². The molecule has 1 amide bonds. The van der Waals surface area contributed by atoms with Gasteiger partial charge in [-0.3, -0.25) is 10.1 Å². The van der Waals surface area contributed by atoms with Gasteiger partial charge < -0.3 is 15.4 Å². The van der Waals surface area contributed by atoms with E-state index in [4.69, 9.17) is 10.5 Å². The SMILES string of the molecule is CC(=O)N1CCC[C@H]([C@@H](C)NC2CC(CN)CCO2)C1. The van der Waals surface area contributed by atoms with Gasteiger partial charge in [-0.2, -0.15) is 0 Å². The molecule has 2 saturated heterocycles. The molecule has 5 heteroatoms. The first-order valence-electron chi connectivity index (χ1n) is 7.93.